The van der Waals surface area contributed by atoms with Crippen LogP contribution in [-0.2, 0) is 0 Å². The second-order valence-corrected chi connectivity index (χ2v) is 5.26. The molecule has 1 heterocycles. The van der Waals surface area contributed by atoms with Crippen LogP contribution in [0.15, 0.2) is 12.4 Å². The molecule has 1 aromatic heterocycles. The molecule has 0 atom stereocenters. The minimum atomic E-state index is 0.127. The molecule has 0 spiro atoms. The SMILES string of the molecule is CC(C)Oc1cc(NCCCN(C)C(C)C)ncn1. The molecule has 0 unspecified atom stereocenters. The van der Waals surface area contributed by atoms with Crippen LogP contribution in [0.4, 0.5) is 5.82 Å². The van der Waals surface area contributed by atoms with Gasteiger partial charge in [-0.05, 0) is 47.7 Å². The molecule has 0 fully saturated rings. The van der Waals surface area contributed by atoms with Crippen molar-refractivity contribution in [1.82, 2.24) is 14.9 Å². The van der Waals surface area contributed by atoms with E-state index in [1.165, 1.54) is 6.33 Å². The van der Waals surface area contributed by atoms with Gasteiger partial charge in [0.1, 0.15) is 12.1 Å². The van der Waals surface area contributed by atoms with E-state index in [9.17, 15) is 0 Å². The molecule has 1 rings (SSSR count). The lowest BCUT2D eigenvalue weighted by Crippen LogP contribution is -2.28. The van der Waals surface area contributed by atoms with Crippen LogP contribution in [0, 0.1) is 0 Å². The van der Waals surface area contributed by atoms with Crippen molar-refractivity contribution in [3.63, 3.8) is 0 Å². The van der Waals surface area contributed by atoms with Gasteiger partial charge in [0.25, 0.3) is 0 Å². The molecule has 0 radical (unpaired) electrons. The summed E-state index contributed by atoms with van der Waals surface area (Å²) in [6.45, 7) is 10.3. The lowest BCUT2D eigenvalue weighted by molar-refractivity contribution is 0.232. The normalized spacial score (nSPS) is 11.4. The van der Waals surface area contributed by atoms with E-state index in [0.29, 0.717) is 11.9 Å². The fourth-order valence-electron chi connectivity index (χ4n) is 1.55. The first-order valence-corrected chi connectivity index (χ1v) is 6.92. The Hall–Kier alpha value is -1.36. The standard InChI is InChI=1S/C14H26N4O/c1-11(2)18(5)8-6-7-15-13-9-14(17-10-16-13)19-12(3)4/h9-12H,6-8H2,1-5H3,(H,15,16,17). The van der Waals surface area contributed by atoms with Gasteiger partial charge < -0.3 is 15.0 Å². The fourth-order valence-corrected chi connectivity index (χ4v) is 1.55. The van der Waals surface area contributed by atoms with Crippen LogP contribution >= 0.6 is 0 Å². The summed E-state index contributed by atoms with van der Waals surface area (Å²) in [6, 6.07) is 2.43. The molecule has 0 saturated heterocycles. The summed E-state index contributed by atoms with van der Waals surface area (Å²) < 4.78 is 5.53. The molecular weight excluding hydrogens is 240 g/mol. The lowest BCUT2D eigenvalue weighted by Gasteiger charge is -2.20. The molecule has 19 heavy (non-hydrogen) atoms. The fraction of sp³-hybridized carbons (Fsp3) is 0.714. The molecule has 0 aromatic carbocycles. The number of hydrogen-bond acceptors (Lipinski definition) is 5. The van der Waals surface area contributed by atoms with Crippen LogP contribution < -0.4 is 10.1 Å². The average molecular weight is 266 g/mol. The summed E-state index contributed by atoms with van der Waals surface area (Å²) in [4.78, 5) is 10.6. The Morgan fingerprint density at radius 1 is 1.26 bits per heavy atom. The van der Waals surface area contributed by atoms with Crippen molar-refractivity contribution in [2.24, 2.45) is 0 Å². The van der Waals surface area contributed by atoms with Crippen molar-refractivity contribution >= 4 is 5.82 Å². The maximum Gasteiger partial charge on any atom is 0.218 e. The van der Waals surface area contributed by atoms with Crippen LogP contribution in [0.25, 0.3) is 0 Å². The minimum Gasteiger partial charge on any atom is -0.475 e. The number of aromatic nitrogens is 2. The number of hydrogen-bond donors (Lipinski definition) is 1. The number of ether oxygens (including phenoxy) is 1. The van der Waals surface area contributed by atoms with E-state index in [1.54, 1.807) is 0 Å². The maximum absolute atomic E-state index is 5.53. The van der Waals surface area contributed by atoms with Gasteiger partial charge in [-0.3, -0.25) is 0 Å². The van der Waals surface area contributed by atoms with E-state index in [1.807, 2.05) is 19.9 Å². The number of anilines is 1. The molecule has 0 aliphatic rings. The molecule has 5 heteroatoms. The van der Waals surface area contributed by atoms with Crippen molar-refractivity contribution in [1.29, 1.82) is 0 Å². The van der Waals surface area contributed by atoms with Gasteiger partial charge in [0.2, 0.25) is 5.88 Å². The zero-order chi connectivity index (χ0) is 14.3. The van der Waals surface area contributed by atoms with Crippen molar-refractivity contribution in [3.05, 3.63) is 12.4 Å². The molecular formula is C14H26N4O. The van der Waals surface area contributed by atoms with Gasteiger partial charge in [0.05, 0.1) is 6.10 Å². The van der Waals surface area contributed by atoms with E-state index in [0.717, 1.165) is 25.3 Å². The van der Waals surface area contributed by atoms with Crippen LogP contribution in [-0.4, -0.2) is 47.2 Å². The first-order chi connectivity index (χ1) is 8.99. The molecule has 5 nitrogen and oxygen atoms in total. The second-order valence-electron chi connectivity index (χ2n) is 5.26. The van der Waals surface area contributed by atoms with Crippen molar-refractivity contribution in [2.45, 2.75) is 46.3 Å². The van der Waals surface area contributed by atoms with Gasteiger partial charge in [-0.2, -0.15) is 0 Å². The summed E-state index contributed by atoms with van der Waals surface area (Å²) in [5, 5.41) is 3.29. The molecule has 0 amide bonds. The number of nitrogens with zero attached hydrogens (tertiary/aromatic N) is 3. The summed E-state index contributed by atoms with van der Waals surface area (Å²) in [5.41, 5.74) is 0. The molecule has 1 aromatic rings. The van der Waals surface area contributed by atoms with Crippen LogP contribution in [0.5, 0.6) is 5.88 Å². The molecule has 0 aliphatic heterocycles. The third kappa shape index (κ3) is 6.38. The first-order valence-electron chi connectivity index (χ1n) is 6.92. The Kier molecular flexibility index (Phi) is 6.56. The van der Waals surface area contributed by atoms with Crippen LogP contribution in [0.2, 0.25) is 0 Å². The van der Waals surface area contributed by atoms with Crippen molar-refractivity contribution in [2.75, 3.05) is 25.5 Å². The smallest absolute Gasteiger partial charge is 0.218 e. The van der Waals surface area contributed by atoms with Crippen LogP contribution in [0.1, 0.15) is 34.1 Å². The quantitative estimate of drug-likeness (QED) is 0.732. The molecule has 0 saturated carbocycles. The van der Waals surface area contributed by atoms with Crippen molar-refractivity contribution in [3.8, 4) is 5.88 Å². The van der Waals surface area contributed by atoms with E-state index in [-0.39, 0.29) is 6.10 Å². The number of nitrogens with one attached hydrogen (secondary N) is 1. The zero-order valence-electron chi connectivity index (χ0n) is 12.7. The van der Waals surface area contributed by atoms with Gasteiger partial charge in [-0.1, -0.05) is 0 Å². The second kappa shape index (κ2) is 7.94. The molecule has 0 aliphatic carbocycles. The Morgan fingerprint density at radius 3 is 2.63 bits per heavy atom. The topological polar surface area (TPSA) is 50.3 Å². The molecule has 1 N–H and O–H groups in total. The highest BCUT2D eigenvalue weighted by Gasteiger charge is 2.03. The minimum absolute atomic E-state index is 0.127. The summed E-state index contributed by atoms with van der Waals surface area (Å²) in [6.07, 6.45) is 2.74. The maximum atomic E-state index is 5.53. The Balaban J connectivity index is 2.33. The highest BCUT2D eigenvalue weighted by molar-refractivity contribution is 5.36. The summed E-state index contributed by atoms with van der Waals surface area (Å²) in [7, 11) is 2.14. The highest BCUT2D eigenvalue weighted by atomic mass is 16.5. The summed E-state index contributed by atoms with van der Waals surface area (Å²) >= 11 is 0. The molecule has 108 valence electrons. The predicted octanol–water partition coefficient (Wildman–Crippen LogP) is 2.41. The Morgan fingerprint density at radius 2 is 2.00 bits per heavy atom. The van der Waals surface area contributed by atoms with Gasteiger partial charge in [-0.25, -0.2) is 9.97 Å². The Bertz CT molecular complexity index is 368. The van der Waals surface area contributed by atoms with Crippen LogP contribution in [0.3, 0.4) is 0 Å². The number of rotatable bonds is 8. The van der Waals surface area contributed by atoms with Gasteiger partial charge in [0.15, 0.2) is 0 Å². The largest absolute Gasteiger partial charge is 0.475 e. The third-order valence-electron chi connectivity index (χ3n) is 2.87. The van der Waals surface area contributed by atoms with E-state index in [2.05, 4.69) is 41.1 Å². The summed E-state index contributed by atoms with van der Waals surface area (Å²) in [5.74, 6) is 1.43. The van der Waals surface area contributed by atoms with E-state index in [4.69, 9.17) is 4.74 Å². The monoisotopic (exact) mass is 266 g/mol. The van der Waals surface area contributed by atoms with Gasteiger partial charge in [0, 0.05) is 18.7 Å². The van der Waals surface area contributed by atoms with Gasteiger partial charge >= 0.3 is 0 Å². The van der Waals surface area contributed by atoms with Crippen molar-refractivity contribution < 1.29 is 4.74 Å². The van der Waals surface area contributed by atoms with E-state index >= 15 is 0 Å². The predicted molar refractivity (Wildman–Crippen MR) is 78.7 cm³/mol. The first kappa shape index (κ1) is 15.7. The third-order valence-corrected chi connectivity index (χ3v) is 2.87. The zero-order valence-corrected chi connectivity index (χ0v) is 12.7. The average Bonchev–Trinajstić information content (AvgIpc) is 2.34. The highest BCUT2D eigenvalue weighted by Crippen LogP contribution is 2.12. The van der Waals surface area contributed by atoms with E-state index < -0.39 is 0 Å². The van der Waals surface area contributed by atoms with Gasteiger partial charge in [-0.15, -0.1) is 0 Å². The molecule has 0 bridgehead atoms. The lowest BCUT2D eigenvalue weighted by atomic mass is 10.3. The Labute approximate surface area is 116 Å².